The fourth-order valence-corrected chi connectivity index (χ4v) is 3.89. The molecule has 3 rings (SSSR count). The van der Waals surface area contributed by atoms with Gasteiger partial charge in [0.1, 0.15) is 16.9 Å². The number of pyridine rings is 1. The first-order chi connectivity index (χ1) is 13.3. The summed E-state index contributed by atoms with van der Waals surface area (Å²) >= 11 is 1.66. The van der Waals surface area contributed by atoms with E-state index in [-0.39, 0.29) is 17.1 Å². The Hall–Kier alpha value is -2.09. The summed E-state index contributed by atoms with van der Waals surface area (Å²) in [6.45, 7) is 2.44. The molecule has 2 unspecified atom stereocenters. The number of carbonyl (C=O) groups excluding carboxylic acids is 1. The minimum atomic E-state index is -0.230. The molecule has 2 N–H and O–H groups in total. The van der Waals surface area contributed by atoms with Gasteiger partial charge in [0.15, 0.2) is 5.78 Å². The first-order valence-corrected chi connectivity index (χ1v) is 10.1. The van der Waals surface area contributed by atoms with Gasteiger partial charge in [0.2, 0.25) is 0 Å². The number of hydrogen-bond acceptors (Lipinski definition) is 7. The van der Waals surface area contributed by atoms with E-state index in [0.29, 0.717) is 19.7 Å². The first-order valence-electron chi connectivity index (χ1n) is 9.01. The Bertz CT molecular complexity index is 706. The number of ketones is 1. The van der Waals surface area contributed by atoms with Crippen LogP contribution in [0.5, 0.6) is 11.5 Å². The number of ether oxygens (including phenoxy) is 2. The van der Waals surface area contributed by atoms with E-state index in [4.69, 9.17) is 9.47 Å². The molecule has 0 bridgehead atoms. The molecule has 2 atom stereocenters. The van der Waals surface area contributed by atoms with Gasteiger partial charge >= 0.3 is 0 Å². The van der Waals surface area contributed by atoms with Gasteiger partial charge in [-0.15, -0.1) is 11.8 Å². The number of aromatic nitrogens is 1. The smallest absolute Gasteiger partial charge is 0.167 e. The van der Waals surface area contributed by atoms with Crippen LogP contribution >= 0.6 is 11.8 Å². The number of Topliss-reactive ketones (excluding diaryl/α,β-unsaturated/α-hetero) is 1. The fraction of sp³-hybridized carbons (Fsp3) is 0.400. The third-order valence-electron chi connectivity index (χ3n) is 4.33. The van der Waals surface area contributed by atoms with E-state index in [1.807, 2.05) is 42.6 Å². The van der Waals surface area contributed by atoms with Crippen LogP contribution in [0, 0.1) is 5.92 Å². The Balaban J connectivity index is 1.56. The van der Waals surface area contributed by atoms with Gasteiger partial charge in [0, 0.05) is 37.8 Å². The van der Waals surface area contributed by atoms with Crippen molar-refractivity contribution in [2.24, 2.45) is 5.92 Å². The van der Waals surface area contributed by atoms with E-state index in [2.05, 4.69) is 15.6 Å². The number of benzene rings is 1. The van der Waals surface area contributed by atoms with Gasteiger partial charge in [0.25, 0.3) is 0 Å². The average molecular weight is 388 g/mol. The Kier molecular flexibility index (Phi) is 7.50. The van der Waals surface area contributed by atoms with E-state index in [1.54, 1.807) is 25.1 Å². The van der Waals surface area contributed by atoms with Gasteiger partial charge < -0.3 is 14.8 Å². The first kappa shape index (κ1) is 19.7. The van der Waals surface area contributed by atoms with E-state index in [0.717, 1.165) is 29.4 Å². The minimum absolute atomic E-state index is 0.144. The minimum Gasteiger partial charge on any atom is -0.497 e. The number of rotatable bonds is 10. The standard InChI is InChI=1S/C20H25N3O3S/c1-25-17-4-6-18(7-5-17)26-14-16(19(24)20-23-9-10-27-20)13-22-12-15-3-2-8-21-11-15/h2-8,11,16,20,22-23H,9-10,12-14H2,1H3. The summed E-state index contributed by atoms with van der Waals surface area (Å²) in [5.41, 5.74) is 1.09. The molecule has 0 amide bonds. The maximum Gasteiger partial charge on any atom is 0.167 e. The van der Waals surface area contributed by atoms with Crippen molar-refractivity contribution in [3.05, 3.63) is 54.4 Å². The van der Waals surface area contributed by atoms with Gasteiger partial charge in [-0.25, -0.2) is 0 Å². The highest BCUT2D eigenvalue weighted by Crippen LogP contribution is 2.21. The molecule has 0 radical (unpaired) electrons. The zero-order chi connectivity index (χ0) is 18.9. The Morgan fingerprint density at radius 3 is 2.81 bits per heavy atom. The number of nitrogens with zero attached hydrogens (tertiary/aromatic N) is 1. The zero-order valence-electron chi connectivity index (χ0n) is 15.4. The summed E-state index contributed by atoms with van der Waals surface area (Å²) in [6.07, 6.45) is 3.58. The molecule has 1 fully saturated rings. The molecule has 27 heavy (non-hydrogen) atoms. The van der Waals surface area contributed by atoms with Crippen molar-refractivity contribution >= 4 is 17.5 Å². The van der Waals surface area contributed by atoms with Crippen LogP contribution in [0.25, 0.3) is 0 Å². The van der Waals surface area contributed by atoms with Gasteiger partial charge in [-0.3, -0.25) is 15.1 Å². The lowest BCUT2D eigenvalue weighted by atomic mass is 10.0. The highest BCUT2D eigenvalue weighted by atomic mass is 32.2. The molecule has 7 heteroatoms. The van der Waals surface area contributed by atoms with Crippen LogP contribution in [0.3, 0.4) is 0 Å². The summed E-state index contributed by atoms with van der Waals surface area (Å²) in [6, 6.07) is 11.3. The van der Waals surface area contributed by atoms with Gasteiger partial charge in [-0.1, -0.05) is 6.07 Å². The summed E-state index contributed by atoms with van der Waals surface area (Å²) in [5, 5.41) is 6.48. The molecule has 1 aliphatic heterocycles. The number of carbonyl (C=O) groups is 1. The van der Waals surface area contributed by atoms with Crippen LogP contribution in [0.15, 0.2) is 48.8 Å². The normalized spacial score (nSPS) is 17.4. The second kappa shape index (κ2) is 10.3. The number of thioether (sulfide) groups is 1. The van der Waals surface area contributed by atoms with Crippen LogP contribution < -0.4 is 20.1 Å². The van der Waals surface area contributed by atoms with Crippen LogP contribution in [-0.4, -0.2) is 48.7 Å². The second-order valence-electron chi connectivity index (χ2n) is 6.28. The lowest BCUT2D eigenvalue weighted by Gasteiger charge is -2.20. The summed E-state index contributed by atoms with van der Waals surface area (Å²) in [4.78, 5) is 17.0. The number of methoxy groups -OCH3 is 1. The van der Waals surface area contributed by atoms with Gasteiger partial charge in [-0.2, -0.15) is 0 Å². The molecule has 1 aliphatic rings. The molecule has 1 saturated heterocycles. The maximum absolute atomic E-state index is 12.9. The van der Waals surface area contributed by atoms with Crippen LogP contribution in [0.1, 0.15) is 5.56 Å². The van der Waals surface area contributed by atoms with Crippen LogP contribution in [0.4, 0.5) is 0 Å². The van der Waals surface area contributed by atoms with E-state index in [9.17, 15) is 4.79 Å². The van der Waals surface area contributed by atoms with E-state index < -0.39 is 0 Å². The molecule has 2 heterocycles. The Morgan fingerprint density at radius 2 is 2.15 bits per heavy atom. The number of hydrogen-bond donors (Lipinski definition) is 2. The van der Waals surface area contributed by atoms with Crippen LogP contribution in [0.2, 0.25) is 0 Å². The molecule has 144 valence electrons. The third kappa shape index (κ3) is 5.95. The fourth-order valence-electron chi connectivity index (χ4n) is 2.83. The molecule has 6 nitrogen and oxygen atoms in total. The summed E-state index contributed by atoms with van der Waals surface area (Å²) in [7, 11) is 1.63. The molecule has 0 aliphatic carbocycles. The monoisotopic (exact) mass is 387 g/mol. The zero-order valence-corrected chi connectivity index (χ0v) is 16.2. The molecular formula is C20H25N3O3S. The Morgan fingerprint density at radius 1 is 1.33 bits per heavy atom. The van der Waals surface area contributed by atoms with Crippen molar-refractivity contribution in [1.82, 2.24) is 15.6 Å². The topological polar surface area (TPSA) is 72.5 Å². The van der Waals surface area contributed by atoms with E-state index >= 15 is 0 Å². The van der Waals surface area contributed by atoms with Crippen molar-refractivity contribution in [1.29, 1.82) is 0 Å². The lowest BCUT2D eigenvalue weighted by molar-refractivity contribution is -0.123. The predicted molar refractivity (Wildman–Crippen MR) is 107 cm³/mol. The average Bonchev–Trinajstić information content (AvgIpc) is 3.26. The molecule has 2 aromatic rings. The van der Waals surface area contributed by atoms with E-state index in [1.165, 1.54) is 0 Å². The highest BCUT2D eigenvalue weighted by molar-refractivity contribution is 8.00. The predicted octanol–water partition coefficient (Wildman–Crippen LogP) is 2.11. The van der Waals surface area contributed by atoms with Crippen molar-refractivity contribution in [2.75, 3.05) is 32.6 Å². The SMILES string of the molecule is COc1ccc(OCC(CNCc2cccnc2)C(=O)C2NCCS2)cc1. The van der Waals surface area contributed by atoms with Crippen molar-refractivity contribution < 1.29 is 14.3 Å². The molecule has 0 spiro atoms. The van der Waals surface area contributed by atoms with Crippen LogP contribution in [-0.2, 0) is 11.3 Å². The molecule has 1 aromatic heterocycles. The highest BCUT2D eigenvalue weighted by Gasteiger charge is 2.30. The molecule has 0 saturated carbocycles. The summed E-state index contributed by atoms with van der Waals surface area (Å²) < 4.78 is 11.0. The largest absolute Gasteiger partial charge is 0.497 e. The summed E-state index contributed by atoms with van der Waals surface area (Å²) in [5.74, 6) is 2.43. The van der Waals surface area contributed by atoms with Crippen molar-refractivity contribution in [2.45, 2.75) is 11.9 Å². The van der Waals surface area contributed by atoms with Gasteiger partial charge in [0.05, 0.1) is 19.6 Å². The lowest BCUT2D eigenvalue weighted by Crippen LogP contribution is -2.41. The van der Waals surface area contributed by atoms with Crippen molar-refractivity contribution in [3.8, 4) is 11.5 Å². The third-order valence-corrected chi connectivity index (χ3v) is 5.50. The molecule has 1 aromatic carbocycles. The second-order valence-corrected chi connectivity index (χ2v) is 7.50. The maximum atomic E-state index is 12.9. The molecular weight excluding hydrogens is 362 g/mol. The van der Waals surface area contributed by atoms with Gasteiger partial charge in [-0.05, 0) is 35.9 Å². The van der Waals surface area contributed by atoms with Crippen molar-refractivity contribution in [3.63, 3.8) is 0 Å². The Labute approximate surface area is 164 Å². The quantitative estimate of drug-likeness (QED) is 0.647. The number of nitrogens with one attached hydrogen (secondary N) is 2.